The molecular formula is C50H37BIrN2O2-2. The molecule has 0 atom stereocenters. The van der Waals surface area contributed by atoms with Gasteiger partial charge in [0.05, 0.1) is 0 Å². The molecule has 6 heteroatoms. The zero-order valence-corrected chi connectivity index (χ0v) is 34.0. The molecule has 0 saturated carbocycles. The van der Waals surface area contributed by atoms with Crippen molar-refractivity contribution in [3.8, 4) is 67.8 Å². The van der Waals surface area contributed by atoms with Gasteiger partial charge in [0, 0.05) is 43.7 Å². The predicted molar refractivity (Wildman–Crippen MR) is 225 cm³/mol. The van der Waals surface area contributed by atoms with Gasteiger partial charge in [-0.3, -0.25) is 0 Å². The number of aromatic nitrogens is 2. The van der Waals surface area contributed by atoms with Crippen LogP contribution in [0, 0.1) is 39.8 Å². The van der Waals surface area contributed by atoms with Crippen molar-refractivity contribution < 1.29 is 29.6 Å². The normalized spacial score (nSPS) is 11.7. The first-order chi connectivity index (χ1) is 26.9. The third-order valence-electron chi connectivity index (χ3n) is 10.6. The average Bonchev–Trinajstić information content (AvgIpc) is 3.23. The molecule has 4 nitrogen and oxygen atoms in total. The number of nitrogens with zero attached hydrogens (tertiary/aromatic N) is 2. The number of hydrogen-bond donors (Lipinski definition) is 0. The molecule has 273 valence electrons. The van der Waals surface area contributed by atoms with Gasteiger partial charge in [-0.2, -0.15) is 0 Å². The van der Waals surface area contributed by atoms with Crippen LogP contribution in [0.15, 0.2) is 152 Å². The average molecular weight is 901 g/mol. The summed E-state index contributed by atoms with van der Waals surface area (Å²) in [5.41, 5.74) is 16.7. The van der Waals surface area contributed by atoms with E-state index in [1.807, 2.05) is 60.9 Å². The maximum Gasteiger partial charge on any atom is 0.241 e. The number of ether oxygens (including phenoxy) is 2. The van der Waals surface area contributed by atoms with Crippen molar-refractivity contribution in [3.63, 3.8) is 0 Å². The van der Waals surface area contributed by atoms with Crippen LogP contribution in [-0.4, -0.2) is 16.7 Å². The minimum Gasteiger partial charge on any atom is -0.503 e. The number of hydrogen-bond acceptors (Lipinski definition) is 4. The molecule has 0 unspecified atom stereocenters. The smallest absolute Gasteiger partial charge is 0.241 e. The number of rotatable bonds is 4. The summed E-state index contributed by atoms with van der Waals surface area (Å²) in [5.74, 6) is 3.37. The fraction of sp³-hybridized carbons (Fsp3) is 0.0800. The van der Waals surface area contributed by atoms with Gasteiger partial charge in [0.1, 0.15) is 17.2 Å². The Kier molecular flexibility index (Phi) is 10.3. The summed E-state index contributed by atoms with van der Waals surface area (Å²) < 4.78 is 12.8. The van der Waals surface area contributed by atoms with E-state index in [9.17, 15) is 0 Å². The summed E-state index contributed by atoms with van der Waals surface area (Å²) in [6.07, 6.45) is 3.87. The Labute approximate surface area is 342 Å². The van der Waals surface area contributed by atoms with Crippen LogP contribution in [0.1, 0.15) is 22.3 Å². The van der Waals surface area contributed by atoms with Gasteiger partial charge in [-0.15, -0.1) is 53.0 Å². The van der Waals surface area contributed by atoms with Crippen LogP contribution in [0.4, 0.5) is 0 Å². The zero-order valence-electron chi connectivity index (χ0n) is 31.6. The van der Waals surface area contributed by atoms with Crippen molar-refractivity contribution in [2.45, 2.75) is 27.7 Å². The Morgan fingerprint density at radius 3 is 1.88 bits per heavy atom. The second-order valence-electron chi connectivity index (χ2n) is 14.2. The summed E-state index contributed by atoms with van der Waals surface area (Å²) >= 11 is 0. The SMILES string of the molecule is Cc1cnc(-c2[c-]cc(C)c(-c3ccccc3)c2)cc1C.Cc1cnc(-c2[c-]ccc3c2Oc2cccc4c2B3c2ccccc2O4)cc1-c1ccccc1.[Ir]. The van der Waals surface area contributed by atoms with Crippen molar-refractivity contribution >= 4 is 23.1 Å². The third kappa shape index (κ3) is 6.87. The van der Waals surface area contributed by atoms with E-state index in [0.29, 0.717) is 0 Å². The largest absolute Gasteiger partial charge is 0.503 e. The Morgan fingerprint density at radius 1 is 0.518 bits per heavy atom. The number of benzene rings is 6. The van der Waals surface area contributed by atoms with E-state index < -0.39 is 0 Å². The number of fused-ring (bicyclic) bond motifs is 4. The number of aryl methyl sites for hydroxylation is 4. The molecule has 2 aromatic heterocycles. The second-order valence-corrected chi connectivity index (χ2v) is 14.2. The van der Waals surface area contributed by atoms with E-state index in [1.54, 1.807) is 0 Å². The third-order valence-corrected chi connectivity index (χ3v) is 10.6. The first kappa shape index (κ1) is 36.9. The van der Waals surface area contributed by atoms with Crippen molar-refractivity contribution in [1.82, 2.24) is 9.97 Å². The molecule has 0 amide bonds. The van der Waals surface area contributed by atoms with E-state index >= 15 is 0 Å². The van der Waals surface area contributed by atoms with Crippen LogP contribution in [0.3, 0.4) is 0 Å². The molecule has 0 fully saturated rings. The van der Waals surface area contributed by atoms with Crippen molar-refractivity contribution in [3.05, 3.63) is 186 Å². The maximum absolute atomic E-state index is 6.55. The van der Waals surface area contributed by atoms with Crippen LogP contribution < -0.4 is 25.9 Å². The molecule has 8 aromatic rings. The summed E-state index contributed by atoms with van der Waals surface area (Å²) in [6.45, 7) is 8.45. The molecule has 0 saturated heterocycles. The quantitative estimate of drug-likeness (QED) is 0.130. The van der Waals surface area contributed by atoms with Gasteiger partial charge < -0.3 is 19.4 Å². The predicted octanol–water partition coefficient (Wildman–Crippen LogP) is 10.4. The first-order valence-electron chi connectivity index (χ1n) is 18.6. The molecule has 0 aliphatic carbocycles. The molecule has 6 aromatic carbocycles. The molecule has 0 N–H and O–H groups in total. The summed E-state index contributed by atoms with van der Waals surface area (Å²) in [5, 5.41) is 0. The van der Waals surface area contributed by atoms with Crippen molar-refractivity contribution in [2.75, 3.05) is 0 Å². The molecule has 2 aliphatic heterocycles. The Bertz CT molecular complexity index is 2720. The van der Waals surface area contributed by atoms with E-state index in [1.165, 1.54) is 33.4 Å². The fourth-order valence-corrected chi connectivity index (χ4v) is 7.53. The number of para-hydroxylation sites is 1. The van der Waals surface area contributed by atoms with Crippen molar-refractivity contribution in [1.29, 1.82) is 0 Å². The monoisotopic (exact) mass is 901 g/mol. The van der Waals surface area contributed by atoms with Gasteiger partial charge in [-0.25, -0.2) is 0 Å². The van der Waals surface area contributed by atoms with Gasteiger partial charge in [0.25, 0.3) is 0 Å². The summed E-state index contributed by atoms with van der Waals surface area (Å²) in [4.78, 5) is 9.33. The maximum atomic E-state index is 6.55. The molecular weight excluding hydrogens is 864 g/mol. The number of pyridine rings is 2. The molecule has 1 radical (unpaired) electrons. The molecule has 4 heterocycles. The summed E-state index contributed by atoms with van der Waals surface area (Å²) in [6, 6.07) is 54.5. The first-order valence-corrected chi connectivity index (χ1v) is 18.6. The van der Waals surface area contributed by atoms with Gasteiger partial charge in [-0.05, 0) is 83.6 Å². The minimum atomic E-state index is 0. The minimum absolute atomic E-state index is 0. The molecule has 56 heavy (non-hydrogen) atoms. The second kappa shape index (κ2) is 15.6. The van der Waals surface area contributed by atoms with Gasteiger partial charge in [-0.1, -0.05) is 121 Å². The van der Waals surface area contributed by atoms with Crippen molar-refractivity contribution in [2.24, 2.45) is 0 Å². The molecule has 0 spiro atoms. The fourth-order valence-electron chi connectivity index (χ4n) is 7.53. The van der Waals surface area contributed by atoms with Gasteiger partial charge in [0.2, 0.25) is 6.71 Å². The Balaban J connectivity index is 0.000000173. The van der Waals surface area contributed by atoms with E-state index in [4.69, 9.17) is 14.5 Å². The summed E-state index contributed by atoms with van der Waals surface area (Å²) in [7, 11) is 0. The Morgan fingerprint density at radius 2 is 1.14 bits per heavy atom. The van der Waals surface area contributed by atoms with Crippen LogP contribution in [0.5, 0.6) is 23.0 Å². The molecule has 2 aliphatic rings. The van der Waals surface area contributed by atoms with Crippen LogP contribution in [0.25, 0.3) is 44.8 Å². The van der Waals surface area contributed by atoms with E-state index in [0.717, 1.165) is 73.0 Å². The molecule has 10 rings (SSSR count). The van der Waals surface area contributed by atoms with Crippen LogP contribution >= 0.6 is 0 Å². The van der Waals surface area contributed by atoms with E-state index in [2.05, 4.69) is 136 Å². The van der Waals surface area contributed by atoms with Gasteiger partial charge >= 0.3 is 0 Å². The standard InChI is InChI=1S/C30H19BNO2.C20H18N.Ir/c1-19-18-32-25(17-22(19)20-9-3-2-4-10-20)21-11-7-13-24-30(21)34-28-16-8-15-27-29(28)31(24)23-12-5-6-14-26(23)33-27;1-14-9-10-18(20-11-15(2)16(3)13-21-20)12-19(14)17-7-5-4-6-8-17;/h2-10,12-18H,1H3;4-9,11-13H,1-3H3;/q2*-1;. The van der Waals surface area contributed by atoms with Crippen LogP contribution in [0.2, 0.25) is 0 Å². The van der Waals surface area contributed by atoms with Gasteiger partial charge in [0.15, 0.2) is 0 Å². The Hall–Kier alpha value is -6.07. The van der Waals surface area contributed by atoms with Crippen LogP contribution in [-0.2, 0) is 20.1 Å². The van der Waals surface area contributed by atoms with E-state index in [-0.39, 0.29) is 26.8 Å². The zero-order chi connectivity index (χ0) is 37.5. The molecule has 0 bridgehead atoms. The topological polar surface area (TPSA) is 44.2 Å².